The van der Waals surface area contributed by atoms with Gasteiger partial charge in [-0.1, -0.05) is 6.92 Å². The zero-order valence-electron chi connectivity index (χ0n) is 12.5. The minimum Gasteiger partial charge on any atom is -0.469 e. The lowest BCUT2D eigenvalue weighted by molar-refractivity contribution is -0.145. The summed E-state index contributed by atoms with van der Waals surface area (Å²) in [6.07, 6.45) is 1.84. The van der Waals surface area contributed by atoms with Gasteiger partial charge < -0.3 is 18.9 Å². The molecule has 0 fully saturated rings. The van der Waals surface area contributed by atoms with Gasteiger partial charge in [-0.2, -0.15) is 0 Å². The first-order chi connectivity index (χ1) is 9.51. The summed E-state index contributed by atoms with van der Waals surface area (Å²) in [6.45, 7) is 3.21. The standard InChI is InChI=1S/C14H22N2O4/c1-11(14(18)20-4)10-15(2)13(17)12-6-5-7-16(12)8-9-19-3/h5-7,11H,8-10H2,1-4H3. The summed E-state index contributed by atoms with van der Waals surface area (Å²) in [7, 11) is 4.64. The zero-order chi connectivity index (χ0) is 15.1. The van der Waals surface area contributed by atoms with Crippen LogP contribution in [0.3, 0.4) is 0 Å². The summed E-state index contributed by atoms with van der Waals surface area (Å²) in [5.74, 6) is -0.794. The van der Waals surface area contributed by atoms with Gasteiger partial charge in [0.25, 0.3) is 5.91 Å². The van der Waals surface area contributed by atoms with Crippen LogP contribution in [0.4, 0.5) is 0 Å². The molecule has 112 valence electrons. The SMILES string of the molecule is COCCn1cccc1C(=O)N(C)CC(C)C(=O)OC. The van der Waals surface area contributed by atoms with Crippen molar-refractivity contribution in [3.63, 3.8) is 0 Å². The van der Waals surface area contributed by atoms with Crippen LogP contribution in [-0.2, 0) is 20.8 Å². The van der Waals surface area contributed by atoms with E-state index < -0.39 is 0 Å². The highest BCUT2D eigenvalue weighted by Gasteiger charge is 2.21. The van der Waals surface area contributed by atoms with Gasteiger partial charge in [0.2, 0.25) is 0 Å². The maximum Gasteiger partial charge on any atom is 0.310 e. The predicted octanol–water partition coefficient (Wildman–Crippen LogP) is 1.02. The number of ether oxygens (including phenoxy) is 2. The van der Waals surface area contributed by atoms with Crippen molar-refractivity contribution in [2.24, 2.45) is 5.92 Å². The molecule has 0 saturated carbocycles. The Hall–Kier alpha value is -1.82. The summed E-state index contributed by atoms with van der Waals surface area (Å²) in [6, 6.07) is 3.58. The highest BCUT2D eigenvalue weighted by molar-refractivity contribution is 5.92. The number of hydrogen-bond donors (Lipinski definition) is 0. The molecule has 0 aromatic carbocycles. The molecule has 20 heavy (non-hydrogen) atoms. The quantitative estimate of drug-likeness (QED) is 0.700. The van der Waals surface area contributed by atoms with Gasteiger partial charge in [-0.25, -0.2) is 0 Å². The molecule has 0 aliphatic carbocycles. The first-order valence-electron chi connectivity index (χ1n) is 6.48. The Morgan fingerprint density at radius 3 is 2.70 bits per heavy atom. The fourth-order valence-corrected chi connectivity index (χ4v) is 1.96. The Kier molecular flexibility index (Phi) is 6.24. The third-order valence-electron chi connectivity index (χ3n) is 3.08. The minimum atomic E-state index is -0.351. The summed E-state index contributed by atoms with van der Waals surface area (Å²) in [5.41, 5.74) is 0.585. The maximum atomic E-state index is 12.3. The summed E-state index contributed by atoms with van der Waals surface area (Å²) in [5, 5.41) is 0. The second kappa shape index (κ2) is 7.69. The Labute approximate surface area is 119 Å². The van der Waals surface area contributed by atoms with Crippen LogP contribution in [0, 0.1) is 5.92 Å². The summed E-state index contributed by atoms with van der Waals surface area (Å²) < 4.78 is 11.5. The summed E-state index contributed by atoms with van der Waals surface area (Å²) >= 11 is 0. The monoisotopic (exact) mass is 282 g/mol. The van der Waals surface area contributed by atoms with Crippen molar-refractivity contribution >= 4 is 11.9 Å². The first kappa shape index (κ1) is 16.2. The lowest BCUT2D eigenvalue weighted by atomic mass is 10.1. The molecule has 0 bridgehead atoms. The van der Waals surface area contributed by atoms with Crippen molar-refractivity contribution in [1.82, 2.24) is 9.47 Å². The van der Waals surface area contributed by atoms with Gasteiger partial charge in [-0.3, -0.25) is 9.59 Å². The Morgan fingerprint density at radius 2 is 2.10 bits per heavy atom. The molecule has 0 N–H and O–H groups in total. The fraction of sp³-hybridized carbons (Fsp3) is 0.571. The van der Waals surface area contributed by atoms with E-state index in [9.17, 15) is 9.59 Å². The van der Waals surface area contributed by atoms with Crippen molar-refractivity contribution in [2.45, 2.75) is 13.5 Å². The van der Waals surface area contributed by atoms with Gasteiger partial charge in [0, 0.05) is 33.4 Å². The molecule has 1 amide bonds. The molecule has 1 heterocycles. The van der Waals surface area contributed by atoms with Gasteiger partial charge in [0.15, 0.2) is 0 Å². The number of aromatic nitrogens is 1. The Bertz CT molecular complexity index is 456. The molecule has 0 aliphatic heterocycles. The van der Waals surface area contributed by atoms with E-state index in [2.05, 4.69) is 4.74 Å². The van der Waals surface area contributed by atoms with Crippen LogP contribution >= 0.6 is 0 Å². The largest absolute Gasteiger partial charge is 0.469 e. The molecule has 1 aromatic heterocycles. The molecule has 6 heteroatoms. The molecule has 0 radical (unpaired) electrons. The number of methoxy groups -OCH3 is 2. The maximum absolute atomic E-state index is 12.3. The summed E-state index contributed by atoms with van der Waals surface area (Å²) in [4.78, 5) is 25.3. The predicted molar refractivity (Wildman–Crippen MR) is 74.4 cm³/mol. The molecule has 0 spiro atoms. The van der Waals surface area contributed by atoms with E-state index in [1.165, 1.54) is 12.0 Å². The van der Waals surface area contributed by atoms with E-state index in [1.807, 2.05) is 16.8 Å². The number of nitrogens with zero attached hydrogens (tertiary/aromatic N) is 2. The second-order valence-electron chi connectivity index (χ2n) is 4.69. The van der Waals surface area contributed by atoms with Gasteiger partial charge in [0.05, 0.1) is 19.6 Å². The van der Waals surface area contributed by atoms with Crippen LogP contribution in [0.5, 0.6) is 0 Å². The van der Waals surface area contributed by atoms with Crippen molar-refractivity contribution < 1.29 is 19.1 Å². The van der Waals surface area contributed by atoms with Crippen molar-refractivity contribution in [1.29, 1.82) is 0 Å². The van der Waals surface area contributed by atoms with Crippen molar-refractivity contribution in [3.05, 3.63) is 24.0 Å². The normalized spacial score (nSPS) is 12.0. The Morgan fingerprint density at radius 1 is 1.40 bits per heavy atom. The Balaban J connectivity index is 2.69. The smallest absolute Gasteiger partial charge is 0.310 e. The highest BCUT2D eigenvalue weighted by Crippen LogP contribution is 2.09. The lowest BCUT2D eigenvalue weighted by Crippen LogP contribution is -2.35. The number of amides is 1. The molecular weight excluding hydrogens is 260 g/mol. The van der Waals surface area contributed by atoms with Gasteiger partial charge in [0.1, 0.15) is 5.69 Å². The first-order valence-corrected chi connectivity index (χ1v) is 6.48. The van der Waals surface area contributed by atoms with E-state index in [-0.39, 0.29) is 17.8 Å². The van der Waals surface area contributed by atoms with Crippen molar-refractivity contribution in [2.75, 3.05) is 34.4 Å². The molecule has 1 aromatic rings. The minimum absolute atomic E-state index is 0.123. The van der Waals surface area contributed by atoms with E-state index in [0.29, 0.717) is 25.4 Å². The van der Waals surface area contributed by atoms with E-state index in [1.54, 1.807) is 27.1 Å². The number of hydrogen-bond acceptors (Lipinski definition) is 4. The van der Waals surface area contributed by atoms with Crippen LogP contribution in [-0.4, -0.2) is 55.8 Å². The van der Waals surface area contributed by atoms with Crippen LogP contribution in [0.1, 0.15) is 17.4 Å². The third kappa shape index (κ3) is 4.09. The van der Waals surface area contributed by atoms with Crippen LogP contribution < -0.4 is 0 Å². The zero-order valence-corrected chi connectivity index (χ0v) is 12.5. The lowest BCUT2D eigenvalue weighted by Gasteiger charge is -2.21. The van der Waals surface area contributed by atoms with Gasteiger partial charge >= 0.3 is 5.97 Å². The third-order valence-corrected chi connectivity index (χ3v) is 3.08. The van der Waals surface area contributed by atoms with Gasteiger partial charge in [-0.05, 0) is 12.1 Å². The molecule has 1 atom stereocenters. The van der Waals surface area contributed by atoms with E-state index >= 15 is 0 Å². The second-order valence-corrected chi connectivity index (χ2v) is 4.69. The number of esters is 1. The number of carbonyl (C=O) groups excluding carboxylic acids is 2. The fourth-order valence-electron chi connectivity index (χ4n) is 1.96. The average Bonchev–Trinajstić information content (AvgIpc) is 2.91. The molecule has 0 aliphatic rings. The molecule has 1 unspecified atom stereocenters. The topological polar surface area (TPSA) is 60.8 Å². The highest BCUT2D eigenvalue weighted by atomic mass is 16.5. The van der Waals surface area contributed by atoms with Gasteiger partial charge in [-0.15, -0.1) is 0 Å². The van der Waals surface area contributed by atoms with Crippen molar-refractivity contribution in [3.8, 4) is 0 Å². The van der Waals surface area contributed by atoms with Crippen LogP contribution in [0.2, 0.25) is 0 Å². The molecular formula is C14H22N2O4. The van der Waals surface area contributed by atoms with E-state index in [0.717, 1.165) is 0 Å². The van der Waals surface area contributed by atoms with E-state index in [4.69, 9.17) is 4.74 Å². The van der Waals surface area contributed by atoms with Crippen LogP contribution in [0.15, 0.2) is 18.3 Å². The number of rotatable bonds is 7. The number of carbonyl (C=O) groups is 2. The molecule has 1 rings (SSSR count). The molecule has 6 nitrogen and oxygen atoms in total. The average molecular weight is 282 g/mol. The van der Waals surface area contributed by atoms with Crippen LogP contribution in [0.25, 0.3) is 0 Å². The molecule has 0 saturated heterocycles.